The predicted molar refractivity (Wildman–Crippen MR) is 115 cm³/mol. The molecule has 5 heteroatoms. The third-order valence-corrected chi connectivity index (χ3v) is 5.09. The van der Waals surface area contributed by atoms with Crippen LogP contribution in [0.1, 0.15) is 10.4 Å². The van der Waals surface area contributed by atoms with Crippen molar-refractivity contribution in [2.75, 3.05) is 23.9 Å². The first-order valence-electron chi connectivity index (χ1n) is 8.86. The third kappa shape index (κ3) is 5.24. The minimum absolute atomic E-state index is 0.00898. The topological polar surface area (TPSA) is 55.4 Å². The number of methoxy groups -OCH3 is 1. The summed E-state index contributed by atoms with van der Waals surface area (Å²) in [5, 5.41) is 2.80. The Hall–Kier alpha value is -3.05. The van der Waals surface area contributed by atoms with E-state index in [1.807, 2.05) is 66.7 Å². The zero-order valence-corrected chi connectivity index (χ0v) is 16.4. The highest BCUT2D eigenvalue weighted by Crippen LogP contribution is 2.23. The number of hydrogen-bond donors (Lipinski definition) is 1. The molecule has 3 aromatic rings. The van der Waals surface area contributed by atoms with E-state index in [1.165, 1.54) is 11.8 Å². The molecule has 0 bridgehead atoms. The van der Waals surface area contributed by atoms with E-state index < -0.39 is 0 Å². The van der Waals surface area contributed by atoms with Crippen LogP contribution in [0.4, 0.5) is 5.69 Å². The quantitative estimate of drug-likeness (QED) is 0.554. The van der Waals surface area contributed by atoms with Gasteiger partial charge in [-0.3, -0.25) is 9.59 Å². The van der Waals surface area contributed by atoms with Crippen LogP contribution in [0.25, 0.3) is 11.1 Å². The minimum atomic E-state index is -0.165. The van der Waals surface area contributed by atoms with Gasteiger partial charge in [0.2, 0.25) is 5.91 Å². The maximum Gasteiger partial charge on any atom is 0.234 e. The van der Waals surface area contributed by atoms with Gasteiger partial charge in [-0.1, -0.05) is 66.7 Å². The van der Waals surface area contributed by atoms with Crippen molar-refractivity contribution in [2.45, 2.75) is 0 Å². The largest absolute Gasteiger partial charge is 0.495 e. The molecular weight excluding hydrogens is 370 g/mol. The second kappa shape index (κ2) is 9.76. The number of rotatable bonds is 8. The van der Waals surface area contributed by atoms with Crippen molar-refractivity contribution in [3.05, 3.63) is 84.4 Å². The van der Waals surface area contributed by atoms with Gasteiger partial charge < -0.3 is 10.1 Å². The van der Waals surface area contributed by atoms with E-state index in [0.717, 1.165) is 11.1 Å². The summed E-state index contributed by atoms with van der Waals surface area (Å²) in [7, 11) is 1.56. The summed E-state index contributed by atoms with van der Waals surface area (Å²) in [5.74, 6) is 0.905. The molecule has 0 spiro atoms. The molecule has 0 radical (unpaired) electrons. The molecule has 1 amide bonds. The number of para-hydroxylation sites is 2. The molecule has 0 saturated carbocycles. The molecule has 0 atom stereocenters. The van der Waals surface area contributed by atoms with Crippen molar-refractivity contribution in [3.8, 4) is 16.9 Å². The number of hydrogen-bond acceptors (Lipinski definition) is 4. The van der Waals surface area contributed by atoms with E-state index in [-0.39, 0.29) is 23.2 Å². The van der Waals surface area contributed by atoms with Crippen LogP contribution in [0.15, 0.2) is 78.9 Å². The number of carbonyl (C=O) groups excluding carboxylic acids is 2. The number of nitrogens with one attached hydrogen (secondary N) is 1. The van der Waals surface area contributed by atoms with Crippen molar-refractivity contribution >= 4 is 29.1 Å². The molecule has 3 rings (SSSR count). The van der Waals surface area contributed by atoms with Gasteiger partial charge in [-0.05, 0) is 23.3 Å². The van der Waals surface area contributed by atoms with Crippen molar-refractivity contribution in [1.29, 1.82) is 0 Å². The molecule has 4 nitrogen and oxygen atoms in total. The molecule has 0 unspecified atom stereocenters. The number of ether oxygens (including phenoxy) is 1. The number of anilines is 1. The highest BCUT2D eigenvalue weighted by Gasteiger charge is 2.10. The summed E-state index contributed by atoms with van der Waals surface area (Å²) in [6.45, 7) is 0. The standard InChI is InChI=1S/C23H21NO3S/c1-27-22-10-6-5-9-20(22)24-23(26)16-28-15-21(25)19-13-11-18(12-14-19)17-7-3-2-4-8-17/h2-14H,15-16H2,1H3,(H,24,26). The van der Waals surface area contributed by atoms with Gasteiger partial charge in [-0.2, -0.15) is 0 Å². The summed E-state index contributed by atoms with van der Waals surface area (Å²) in [5.41, 5.74) is 3.46. The molecule has 28 heavy (non-hydrogen) atoms. The Balaban J connectivity index is 1.49. The maximum atomic E-state index is 12.4. The highest BCUT2D eigenvalue weighted by atomic mass is 32.2. The lowest BCUT2D eigenvalue weighted by Crippen LogP contribution is -2.16. The third-order valence-electron chi connectivity index (χ3n) is 4.16. The van der Waals surface area contributed by atoms with Crippen LogP contribution in [0.2, 0.25) is 0 Å². The first-order valence-corrected chi connectivity index (χ1v) is 10.0. The van der Waals surface area contributed by atoms with E-state index in [0.29, 0.717) is 17.0 Å². The lowest BCUT2D eigenvalue weighted by molar-refractivity contribution is -0.113. The Bertz CT molecular complexity index is 940. The fraction of sp³-hybridized carbons (Fsp3) is 0.130. The monoisotopic (exact) mass is 391 g/mol. The van der Waals surface area contributed by atoms with Crippen LogP contribution in [-0.4, -0.2) is 30.3 Å². The first kappa shape index (κ1) is 19.7. The lowest BCUT2D eigenvalue weighted by atomic mass is 10.0. The fourth-order valence-electron chi connectivity index (χ4n) is 2.73. The van der Waals surface area contributed by atoms with E-state index >= 15 is 0 Å². The van der Waals surface area contributed by atoms with Gasteiger partial charge in [0.05, 0.1) is 24.3 Å². The normalized spacial score (nSPS) is 10.3. The maximum absolute atomic E-state index is 12.4. The second-order valence-electron chi connectivity index (χ2n) is 6.11. The van der Waals surface area contributed by atoms with Gasteiger partial charge in [0.15, 0.2) is 5.78 Å². The SMILES string of the molecule is COc1ccccc1NC(=O)CSCC(=O)c1ccc(-c2ccccc2)cc1. The summed E-state index contributed by atoms with van der Waals surface area (Å²) < 4.78 is 5.21. The van der Waals surface area contributed by atoms with E-state index in [2.05, 4.69) is 5.32 Å². The average Bonchev–Trinajstić information content (AvgIpc) is 2.75. The Morgan fingerprint density at radius 1 is 0.821 bits per heavy atom. The fourth-order valence-corrected chi connectivity index (χ4v) is 3.44. The second-order valence-corrected chi connectivity index (χ2v) is 7.09. The van der Waals surface area contributed by atoms with Crippen LogP contribution >= 0.6 is 11.8 Å². The molecule has 142 valence electrons. The van der Waals surface area contributed by atoms with Gasteiger partial charge in [0.25, 0.3) is 0 Å². The summed E-state index contributed by atoms with van der Waals surface area (Å²) in [4.78, 5) is 24.5. The zero-order chi connectivity index (χ0) is 19.8. The van der Waals surface area contributed by atoms with Crippen molar-refractivity contribution < 1.29 is 14.3 Å². The zero-order valence-electron chi connectivity index (χ0n) is 15.6. The van der Waals surface area contributed by atoms with Crippen LogP contribution in [-0.2, 0) is 4.79 Å². The van der Waals surface area contributed by atoms with E-state index in [9.17, 15) is 9.59 Å². The van der Waals surface area contributed by atoms with Crippen LogP contribution in [0.5, 0.6) is 5.75 Å². The van der Waals surface area contributed by atoms with Crippen molar-refractivity contribution in [1.82, 2.24) is 0 Å². The Morgan fingerprint density at radius 2 is 1.46 bits per heavy atom. The Kier molecular flexibility index (Phi) is 6.87. The number of ketones is 1. The van der Waals surface area contributed by atoms with E-state index in [4.69, 9.17) is 4.74 Å². The molecule has 0 aliphatic heterocycles. The molecule has 0 fully saturated rings. The summed E-state index contributed by atoms with van der Waals surface area (Å²) in [6, 6.07) is 24.8. The lowest BCUT2D eigenvalue weighted by Gasteiger charge is -2.09. The molecular formula is C23H21NO3S. The van der Waals surface area contributed by atoms with Crippen LogP contribution in [0.3, 0.4) is 0 Å². The van der Waals surface area contributed by atoms with Gasteiger partial charge >= 0.3 is 0 Å². The van der Waals surface area contributed by atoms with E-state index in [1.54, 1.807) is 19.2 Å². The number of benzene rings is 3. The predicted octanol–water partition coefficient (Wildman–Crippen LogP) is 4.92. The molecule has 1 N–H and O–H groups in total. The van der Waals surface area contributed by atoms with Gasteiger partial charge in [0.1, 0.15) is 5.75 Å². The molecule has 0 saturated heterocycles. The Morgan fingerprint density at radius 3 is 2.18 bits per heavy atom. The number of amides is 1. The van der Waals surface area contributed by atoms with Gasteiger partial charge in [-0.15, -0.1) is 11.8 Å². The highest BCUT2D eigenvalue weighted by molar-refractivity contribution is 8.00. The molecule has 0 aromatic heterocycles. The number of Topliss-reactive ketones (excluding diaryl/α,β-unsaturated/α-hetero) is 1. The Labute approximate surface area is 168 Å². The van der Waals surface area contributed by atoms with Crippen LogP contribution < -0.4 is 10.1 Å². The minimum Gasteiger partial charge on any atom is -0.495 e. The first-order chi connectivity index (χ1) is 13.7. The molecule has 0 aliphatic carbocycles. The number of carbonyl (C=O) groups is 2. The number of thioether (sulfide) groups is 1. The molecule has 0 heterocycles. The van der Waals surface area contributed by atoms with Crippen molar-refractivity contribution in [2.24, 2.45) is 0 Å². The summed E-state index contributed by atoms with van der Waals surface area (Å²) in [6.07, 6.45) is 0. The van der Waals surface area contributed by atoms with Crippen molar-refractivity contribution in [3.63, 3.8) is 0 Å². The average molecular weight is 391 g/mol. The summed E-state index contributed by atoms with van der Waals surface area (Å²) >= 11 is 1.30. The van der Waals surface area contributed by atoms with Gasteiger partial charge in [-0.25, -0.2) is 0 Å². The van der Waals surface area contributed by atoms with Gasteiger partial charge in [0, 0.05) is 5.56 Å². The smallest absolute Gasteiger partial charge is 0.234 e. The molecule has 0 aliphatic rings. The van der Waals surface area contributed by atoms with Crippen LogP contribution in [0, 0.1) is 0 Å². The molecule has 3 aromatic carbocycles.